The summed E-state index contributed by atoms with van der Waals surface area (Å²) >= 11 is 0. The molecule has 1 amide bonds. The number of likely N-dealkylation sites (N-methyl/N-ethyl adjacent to an activating group) is 1. The Balaban J connectivity index is 2.29. The Bertz CT molecular complexity index is 222. The highest BCUT2D eigenvalue weighted by atomic mass is 16.6. The van der Waals surface area contributed by atoms with Crippen molar-refractivity contribution < 1.29 is 14.3 Å². The van der Waals surface area contributed by atoms with E-state index in [4.69, 9.17) is 9.47 Å². The van der Waals surface area contributed by atoms with E-state index in [0.717, 1.165) is 0 Å². The van der Waals surface area contributed by atoms with Gasteiger partial charge in [-0.2, -0.15) is 0 Å². The molecule has 0 saturated carbocycles. The quantitative estimate of drug-likeness (QED) is 0.638. The second-order valence-electron chi connectivity index (χ2n) is 4.74. The summed E-state index contributed by atoms with van der Waals surface area (Å²) in [4.78, 5) is 13.0. The molecule has 2 atom stereocenters. The van der Waals surface area contributed by atoms with E-state index in [2.05, 4.69) is 0 Å². The van der Waals surface area contributed by atoms with Gasteiger partial charge < -0.3 is 14.4 Å². The van der Waals surface area contributed by atoms with Crippen molar-refractivity contribution in [1.82, 2.24) is 4.90 Å². The lowest BCUT2D eigenvalue weighted by molar-refractivity contribution is 0.0288. The van der Waals surface area contributed by atoms with Gasteiger partial charge in [-0.1, -0.05) is 0 Å². The molecule has 0 spiro atoms. The van der Waals surface area contributed by atoms with Gasteiger partial charge in [0.05, 0.1) is 12.6 Å². The van der Waals surface area contributed by atoms with E-state index in [9.17, 15) is 4.79 Å². The average molecular weight is 201 g/mol. The minimum Gasteiger partial charge on any atom is -0.444 e. The van der Waals surface area contributed by atoms with Crippen molar-refractivity contribution in [3.8, 4) is 0 Å². The molecule has 1 aliphatic rings. The number of ether oxygens (including phenoxy) is 2. The minimum atomic E-state index is -0.429. The zero-order valence-electron chi connectivity index (χ0n) is 9.53. The largest absolute Gasteiger partial charge is 0.444 e. The van der Waals surface area contributed by atoms with Gasteiger partial charge >= 0.3 is 6.09 Å². The molecule has 4 heteroatoms. The van der Waals surface area contributed by atoms with Gasteiger partial charge in [-0.3, -0.25) is 0 Å². The highest BCUT2D eigenvalue weighted by Crippen LogP contribution is 2.22. The third-order valence-corrected chi connectivity index (χ3v) is 2.00. The van der Waals surface area contributed by atoms with E-state index in [0.29, 0.717) is 6.54 Å². The molecule has 0 aliphatic carbocycles. The SMILES string of the molecule is CC1OC1CN(C)C(=O)OC(C)(C)C. The minimum absolute atomic E-state index is 0.188. The molecule has 0 aromatic carbocycles. The van der Waals surface area contributed by atoms with E-state index in [1.807, 2.05) is 27.7 Å². The summed E-state index contributed by atoms with van der Waals surface area (Å²) in [6.45, 7) is 8.17. The monoisotopic (exact) mass is 201 g/mol. The lowest BCUT2D eigenvalue weighted by Gasteiger charge is -2.24. The van der Waals surface area contributed by atoms with Crippen molar-refractivity contribution in [2.75, 3.05) is 13.6 Å². The first-order chi connectivity index (χ1) is 6.29. The summed E-state index contributed by atoms with van der Waals surface area (Å²) in [6, 6.07) is 0. The lowest BCUT2D eigenvalue weighted by Crippen LogP contribution is -2.36. The highest BCUT2D eigenvalue weighted by molar-refractivity contribution is 5.67. The first-order valence-corrected chi connectivity index (χ1v) is 4.89. The Hall–Kier alpha value is -0.770. The third-order valence-electron chi connectivity index (χ3n) is 2.00. The molecule has 1 saturated heterocycles. The Kier molecular flexibility index (Phi) is 3.04. The number of hydrogen-bond donors (Lipinski definition) is 0. The summed E-state index contributed by atoms with van der Waals surface area (Å²) in [7, 11) is 1.72. The van der Waals surface area contributed by atoms with Crippen LogP contribution in [0.5, 0.6) is 0 Å². The van der Waals surface area contributed by atoms with Crippen LogP contribution in [0.3, 0.4) is 0 Å². The van der Waals surface area contributed by atoms with Crippen LogP contribution in [0.4, 0.5) is 4.79 Å². The van der Waals surface area contributed by atoms with Crippen LogP contribution in [0, 0.1) is 0 Å². The maximum Gasteiger partial charge on any atom is 0.410 e. The maximum absolute atomic E-state index is 11.5. The fourth-order valence-corrected chi connectivity index (χ4v) is 1.11. The standard InChI is InChI=1S/C10H19NO3/c1-7-8(13-7)6-11(5)9(12)14-10(2,3)4/h7-8H,6H2,1-5H3. The zero-order valence-corrected chi connectivity index (χ0v) is 9.53. The molecule has 4 nitrogen and oxygen atoms in total. The number of epoxide rings is 1. The van der Waals surface area contributed by atoms with E-state index >= 15 is 0 Å². The van der Waals surface area contributed by atoms with Gasteiger partial charge in [0.15, 0.2) is 0 Å². The molecular weight excluding hydrogens is 182 g/mol. The predicted octanol–water partition coefficient (Wildman–Crippen LogP) is 1.64. The molecule has 0 N–H and O–H groups in total. The molecule has 1 rings (SSSR count). The van der Waals surface area contributed by atoms with Gasteiger partial charge in [-0.25, -0.2) is 4.79 Å². The molecular formula is C10H19NO3. The van der Waals surface area contributed by atoms with Crippen LogP contribution in [0.2, 0.25) is 0 Å². The van der Waals surface area contributed by atoms with Crippen molar-refractivity contribution in [3.05, 3.63) is 0 Å². The summed E-state index contributed by atoms with van der Waals surface area (Å²) in [5, 5.41) is 0. The van der Waals surface area contributed by atoms with E-state index < -0.39 is 5.60 Å². The number of carbonyl (C=O) groups excluding carboxylic acids is 1. The Morgan fingerprint density at radius 1 is 1.50 bits per heavy atom. The van der Waals surface area contributed by atoms with Crippen LogP contribution >= 0.6 is 0 Å². The smallest absolute Gasteiger partial charge is 0.410 e. The molecule has 1 aliphatic heterocycles. The molecule has 82 valence electrons. The lowest BCUT2D eigenvalue weighted by atomic mass is 10.2. The summed E-state index contributed by atoms with van der Waals surface area (Å²) in [5.41, 5.74) is -0.429. The highest BCUT2D eigenvalue weighted by Gasteiger charge is 2.36. The number of rotatable bonds is 2. The fourth-order valence-electron chi connectivity index (χ4n) is 1.11. The Morgan fingerprint density at radius 3 is 2.36 bits per heavy atom. The van der Waals surface area contributed by atoms with Crippen LogP contribution in [-0.2, 0) is 9.47 Å². The molecule has 0 aromatic heterocycles. The number of nitrogens with zero attached hydrogens (tertiary/aromatic N) is 1. The van der Waals surface area contributed by atoms with Crippen LogP contribution in [0.1, 0.15) is 27.7 Å². The van der Waals surface area contributed by atoms with Crippen molar-refractivity contribution >= 4 is 6.09 Å². The zero-order chi connectivity index (χ0) is 10.9. The van der Waals surface area contributed by atoms with Crippen molar-refractivity contribution in [1.29, 1.82) is 0 Å². The summed E-state index contributed by atoms with van der Waals surface area (Å²) < 4.78 is 10.4. The molecule has 0 bridgehead atoms. The Morgan fingerprint density at radius 2 is 2.00 bits per heavy atom. The first-order valence-electron chi connectivity index (χ1n) is 4.89. The average Bonchev–Trinajstić information content (AvgIpc) is 2.62. The second kappa shape index (κ2) is 3.77. The summed E-state index contributed by atoms with van der Waals surface area (Å²) in [5.74, 6) is 0. The number of hydrogen-bond acceptors (Lipinski definition) is 3. The van der Waals surface area contributed by atoms with E-state index in [1.54, 1.807) is 11.9 Å². The van der Waals surface area contributed by atoms with Crippen molar-refractivity contribution in [2.45, 2.75) is 45.5 Å². The van der Waals surface area contributed by atoms with Crippen molar-refractivity contribution in [3.63, 3.8) is 0 Å². The van der Waals surface area contributed by atoms with Crippen LogP contribution in [-0.4, -0.2) is 42.4 Å². The van der Waals surface area contributed by atoms with Crippen LogP contribution in [0.25, 0.3) is 0 Å². The van der Waals surface area contributed by atoms with Crippen LogP contribution < -0.4 is 0 Å². The van der Waals surface area contributed by atoms with Gasteiger partial charge in [-0.05, 0) is 27.7 Å². The van der Waals surface area contributed by atoms with Gasteiger partial charge in [0.1, 0.15) is 11.7 Å². The molecule has 14 heavy (non-hydrogen) atoms. The fraction of sp³-hybridized carbons (Fsp3) is 0.900. The van der Waals surface area contributed by atoms with Gasteiger partial charge in [-0.15, -0.1) is 0 Å². The number of carbonyl (C=O) groups is 1. The predicted molar refractivity (Wildman–Crippen MR) is 53.2 cm³/mol. The van der Waals surface area contributed by atoms with E-state index in [-0.39, 0.29) is 18.3 Å². The molecule has 2 unspecified atom stereocenters. The van der Waals surface area contributed by atoms with Crippen LogP contribution in [0.15, 0.2) is 0 Å². The molecule has 1 fully saturated rings. The maximum atomic E-state index is 11.5. The van der Waals surface area contributed by atoms with Gasteiger partial charge in [0.2, 0.25) is 0 Å². The number of amides is 1. The molecule has 0 radical (unpaired) electrons. The molecule has 0 aromatic rings. The summed E-state index contributed by atoms with van der Waals surface area (Å²) in [6.07, 6.45) is 0.174. The molecule has 1 heterocycles. The van der Waals surface area contributed by atoms with Gasteiger partial charge in [0.25, 0.3) is 0 Å². The second-order valence-corrected chi connectivity index (χ2v) is 4.74. The normalized spacial score (nSPS) is 25.8. The van der Waals surface area contributed by atoms with E-state index in [1.165, 1.54) is 0 Å². The first kappa shape index (κ1) is 11.3. The van der Waals surface area contributed by atoms with Crippen molar-refractivity contribution in [2.24, 2.45) is 0 Å². The van der Waals surface area contributed by atoms with Gasteiger partial charge in [0, 0.05) is 7.05 Å². The topological polar surface area (TPSA) is 42.1 Å². The Labute approximate surface area is 85.2 Å². The third kappa shape index (κ3) is 3.54.